The number of piperidine rings is 1. The summed E-state index contributed by atoms with van der Waals surface area (Å²) in [6.45, 7) is 0.128. The van der Waals surface area contributed by atoms with Gasteiger partial charge < -0.3 is 10.1 Å². The van der Waals surface area contributed by atoms with Crippen molar-refractivity contribution in [1.82, 2.24) is 5.32 Å². The molecule has 21 heavy (non-hydrogen) atoms. The molecule has 2 aliphatic heterocycles. The SMILES string of the molecule is Fc1cccc([C@]23CO[C@H](C(F)(F)F)[C@H]2CCCN3)c1F. The van der Waals surface area contributed by atoms with Crippen LogP contribution < -0.4 is 5.32 Å². The highest BCUT2D eigenvalue weighted by atomic mass is 19.4. The van der Waals surface area contributed by atoms with Gasteiger partial charge in [-0.15, -0.1) is 0 Å². The number of rotatable bonds is 1. The summed E-state index contributed by atoms with van der Waals surface area (Å²) in [6.07, 6.45) is -5.67. The molecule has 0 amide bonds. The standard InChI is InChI=1S/C14H14F5NO/c15-10-5-1-3-8(11(10)16)13-7-21-12(14(17,18)19)9(13)4-2-6-20-13/h1,3,5,9,12,20H,2,4,6-7H2/t9-,12+,13-/m1/s1. The Morgan fingerprint density at radius 3 is 2.71 bits per heavy atom. The molecule has 0 spiro atoms. The molecule has 0 bridgehead atoms. The maximum absolute atomic E-state index is 14.1. The van der Waals surface area contributed by atoms with Crippen LogP contribution in [0.4, 0.5) is 22.0 Å². The largest absolute Gasteiger partial charge is 0.414 e. The molecule has 0 radical (unpaired) electrons. The quantitative estimate of drug-likeness (QED) is 0.805. The number of hydrogen-bond acceptors (Lipinski definition) is 2. The summed E-state index contributed by atoms with van der Waals surface area (Å²) in [4.78, 5) is 0. The van der Waals surface area contributed by atoms with Gasteiger partial charge in [0, 0.05) is 11.5 Å². The van der Waals surface area contributed by atoms with Gasteiger partial charge in [-0.2, -0.15) is 13.2 Å². The maximum atomic E-state index is 14.1. The molecule has 2 aliphatic rings. The van der Waals surface area contributed by atoms with E-state index in [4.69, 9.17) is 4.74 Å². The summed E-state index contributed by atoms with van der Waals surface area (Å²) in [6, 6.07) is 3.58. The van der Waals surface area contributed by atoms with E-state index in [1.165, 1.54) is 12.1 Å². The van der Waals surface area contributed by atoms with Gasteiger partial charge in [0.2, 0.25) is 0 Å². The average Bonchev–Trinajstić information content (AvgIpc) is 2.82. The van der Waals surface area contributed by atoms with Crippen LogP contribution in [0.15, 0.2) is 18.2 Å². The number of benzene rings is 1. The molecule has 2 fully saturated rings. The van der Waals surface area contributed by atoms with Crippen LogP contribution in [-0.2, 0) is 10.3 Å². The van der Waals surface area contributed by atoms with Gasteiger partial charge in [0.05, 0.1) is 12.1 Å². The first-order valence-electron chi connectivity index (χ1n) is 6.74. The Hall–Kier alpha value is -1.21. The monoisotopic (exact) mass is 307 g/mol. The van der Waals surface area contributed by atoms with Crippen molar-refractivity contribution in [3.63, 3.8) is 0 Å². The fraction of sp³-hybridized carbons (Fsp3) is 0.571. The van der Waals surface area contributed by atoms with Crippen LogP contribution in [0.2, 0.25) is 0 Å². The maximum Gasteiger partial charge on any atom is 0.414 e. The van der Waals surface area contributed by atoms with Crippen molar-refractivity contribution in [3.8, 4) is 0 Å². The second-order valence-electron chi connectivity index (χ2n) is 5.52. The summed E-state index contributed by atoms with van der Waals surface area (Å²) in [5, 5.41) is 2.95. The summed E-state index contributed by atoms with van der Waals surface area (Å²) in [5.41, 5.74) is -1.40. The van der Waals surface area contributed by atoms with Gasteiger partial charge in [0.15, 0.2) is 17.7 Å². The van der Waals surface area contributed by atoms with Crippen LogP contribution in [0.5, 0.6) is 0 Å². The summed E-state index contributed by atoms with van der Waals surface area (Å²) in [7, 11) is 0. The zero-order valence-electron chi connectivity index (χ0n) is 11.0. The van der Waals surface area contributed by atoms with Gasteiger partial charge >= 0.3 is 6.18 Å². The Morgan fingerprint density at radius 1 is 1.24 bits per heavy atom. The third-order valence-electron chi connectivity index (χ3n) is 4.38. The second-order valence-corrected chi connectivity index (χ2v) is 5.52. The van der Waals surface area contributed by atoms with Gasteiger partial charge in [0.25, 0.3) is 0 Å². The molecular formula is C14H14F5NO. The molecule has 0 aliphatic carbocycles. The highest BCUT2D eigenvalue weighted by Crippen LogP contribution is 2.49. The Morgan fingerprint density at radius 2 is 2.00 bits per heavy atom. The molecular weight excluding hydrogens is 293 g/mol. The zero-order chi connectivity index (χ0) is 15.3. The minimum atomic E-state index is -4.52. The van der Waals surface area contributed by atoms with E-state index in [0.717, 1.165) is 6.07 Å². The van der Waals surface area contributed by atoms with Crippen molar-refractivity contribution in [2.75, 3.05) is 13.2 Å². The van der Waals surface area contributed by atoms with Gasteiger partial charge in [-0.25, -0.2) is 8.78 Å². The van der Waals surface area contributed by atoms with Crippen LogP contribution in [0.1, 0.15) is 18.4 Å². The van der Waals surface area contributed by atoms with Gasteiger partial charge in [-0.3, -0.25) is 0 Å². The van der Waals surface area contributed by atoms with Crippen LogP contribution in [0, 0.1) is 17.6 Å². The van der Waals surface area contributed by atoms with Gasteiger partial charge in [-0.05, 0) is 25.5 Å². The molecule has 3 rings (SSSR count). The lowest BCUT2D eigenvalue weighted by molar-refractivity contribution is -0.217. The first-order valence-corrected chi connectivity index (χ1v) is 6.74. The number of halogens is 5. The molecule has 3 atom stereocenters. The molecule has 2 nitrogen and oxygen atoms in total. The average molecular weight is 307 g/mol. The van der Waals surface area contributed by atoms with Crippen LogP contribution in [-0.4, -0.2) is 25.4 Å². The van der Waals surface area contributed by atoms with E-state index in [9.17, 15) is 22.0 Å². The van der Waals surface area contributed by atoms with Crippen molar-refractivity contribution in [2.24, 2.45) is 5.92 Å². The van der Waals surface area contributed by atoms with Gasteiger partial charge in [-0.1, -0.05) is 12.1 Å². The zero-order valence-corrected chi connectivity index (χ0v) is 11.0. The number of hydrogen-bond donors (Lipinski definition) is 1. The Bertz CT molecular complexity index is 547. The minimum absolute atomic E-state index is 0.0843. The van der Waals surface area contributed by atoms with Crippen LogP contribution >= 0.6 is 0 Å². The predicted octanol–water partition coefficient (Wildman–Crippen LogP) is 3.12. The summed E-state index contributed by atoms with van der Waals surface area (Å²) in [5.74, 6) is -3.13. The summed E-state index contributed by atoms with van der Waals surface area (Å²) >= 11 is 0. The molecule has 116 valence electrons. The molecule has 1 aromatic carbocycles. The molecule has 2 heterocycles. The molecule has 7 heteroatoms. The first-order chi connectivity index (χ1) is 9.86. The van der Waals surface area contributed by atoms with E-state index in [-0.39, 0.29) is 18.6 Å². The lowest BCUT2D eigenvalue weighted by Gasteiger charge is -2.41. The van der Waals surface area contributed by atoms with Crippen molar-refractivity contribution in [1.29, 1.82) is 0 Å². The predicted molar refractivity (Wildman–Crippen MR) is 64.6 cm³/mol. The summed E-state index contributed by atoms with van der Waals surface area (Å²) < 4.78 is 71.7. The number of nitrogens with one attached hydrogen (secondary N) is 1. The lowest BCUT2D eigenvalue weighted by atomic mass is 9.73. The van der Waals surface area contributed by atoms with Crippen molar-refractivity contribution >= 4 is 0 Å². The fourth-order valence-corrected chi connectivity index (χ4v) is 3.46. The number of fused-ring (bicyclic) bond motifs is 1. The molecule has 1 aromatic rings. The van der Waals surface area contributed by atoms with Crippen LogP contribution in [0.3, 0.4) is 0 Å². The molecule has 0 unspecified atom stereocenters. The topological polar surface area (TPSA) is 21.3 Å². The van der Waals surface area contributed by atoms with Gasteiger partial charge in [0.1, 0.15) is 0 Å². The molecule has 0 saturated carbocycles. The van der Waals surface area contributed by atoms with Crippen LogP contribution in [0.25, 0.3) is 0 Å². The Kier molecular flexibility index (Phi) is 3.44. The highest BCUT2D eigenvalue weighted by Gasteiger charge is 2.61. The van der Waals surface area contributed by atoms with Crippen molar-refractivity contribution < 1.29 is 26.7 Å². The minimum Gasteiger partial charge on any atom is -0.366 e. The number of alkyl halides is 3. The molecule has 1 N–H and O–H groups in total. The molecule has 2 saturated heterocycles. The lowest BCUT2D eigenvalue weighted by Crippen LogP contribution is -2.55. The third kappa shape index (κ3) is 2.23. The first kappa shape index (κ1) is 14.7. The fourth-order valence-electron chi connectivity index (χ4n) is 3.46. The normalized spacial score (nSPS) is 33.0. The number of ether oxygens (including phenoxy) is 1. The van der Waals surface area contributed by atoms with Crippen molar-refractivity contribution in [2.45, 2.75) is 30.7 Å². The van der Waals surface area contributed by atoms with E-state index >= 15 is 0 Å². The van der Waals surface area contributed by atoms with Crippen molar-refractivity contribution in [3.05, 3.63) is 35.4 Å². The smallest absolute Gasteiger partial charge is 0.366 e. The Balaban J connectivity index is 2.07. The van der Waals surface area contributed by atoms with E-state index in [1.54, 1.807) is 0 Å². The van der Waals surface area contributed by atoms with E-state index in [1.807, 2.05) is 0 Å². The van der Waals surface area contributed by atoms with E-state index < -0.39 is 35.4 Å². The highest BCUT2D eigenvalue weighted by molar-refractivity contribution is 5.31. The van der Waals surface area contributed by atoms with E-state index in [2.05, 4.69) is 5.32 Å². The second kappa shape index (κ2) is 4.91. The third-order valence-corrected chi connectivity index (χ3v) is 4.38. The Labute approximate surface area is 118 Å². The molecule has 0 aromatic heterocycles. The van der Waals surface area contributed by atoms with E-state index in [0.29, 0.717) is 13.0 Å².